The van der Waals surface area contributed by atoms with E-state index in [1.165, 1.54) is 77.0 Å². The monoisotopic (exact) mass is 329 g/mol. The molecular weight excluding hydrogens is 294 g/mol. The molecule has 0 aliphatic rings. The number of benzene rings is 1. The lowest BCUT2D eigenvalue weighted by molar-refractivity contribution is 0.304. The first-order chi connectivity index (χ1) is 11.9. The first-order valence-electron chi connectivity index (χ1n) is 9.99. The Balaban J connectivity index is 1.81. The van der Waals surface area contributed by atoms with Gasteiger partial charge in [-0.15, -0.1) is 0 Å². The van der Waals surface area contributed by atoms with Crippen LogP contribution >= 0.6 is 0 Å². The van der Waals surface area contributed by atoms with Crippen molar-refractivity contribution in [2.75, 3.05) is 6.61 Å². The van der Waals surface area contributed by atoms with Gasteiger partial charge in [0.1, 0.15) is 5.75 Å². The third-order valence-electron chi connectivity index (χ3n) is 4.50. The molecule has 134 valence electrons. The Morgan fingerprint density at radius 3 is 1.62 bits per heavy atom. The second-order valence-electron chi connectivity index (χ2n) is 6.73. The van der Waals surface area contributed by atoms with Crippen molar-refractivity contribution >= 4 is 0 Å². The molecule has 0 radical (unpaired) electrons. The maximum absolute atomic E-state index is 8.75. The van der Waals surface area contributed by atoms with Crippen molar-refractivity contribution in [3.63, 3.8) is 0 Å². The summed E-state index contributed by atoms with van der Waals surface area (Å²) in [4.78, 5) is 0. The highest BCUT2D eigenvalue weighted by molar-refractivity contribution is 5.34. The molecule has 0 bridgehead atoms. The predicted molar refractivity (Wildman–Crippen MR) is 102 cm³/mol. The van der Waals surface area contributed by atoms with Crippen molar-refractivity contribution in [3.05, 3.63) is 29.8 Å². The van der Waals surface area contributed by atoms with Crippen LogP contribution in [0, 0.1) is 11.3 Å². The SMILES string of the molecule is CCCCCCCCCCCCCCCOc1ccc(C#N)cc1. The Hall–Kier alpha value is -1.49. The minimum Gasteiger partial charge on any atom is -0.494 e. The van der Waals surface area contributed by atoms with Crippen LogP contribution in [-0.4, -0.2) is 6.61 Å². The van der Waals surface area contributed by atoms with Crippen LogP contribution in [0.4, 0.5) is 0 Å². The Bertz CT molecular complexity index is 432. The fraction of sp³-hybridized carbons (Fsp3) is 0.682. The van der Waals surface area contributed by atoms with Crippen LogP contribution in [-0.2, 0) is 0 Å². The van der Waals surface area contributed by atoms with E-state index in [1.807, 2.05) is 12.1 Å². The average Bonchev–Trinajstić information content (AvgIpc) is 2.62. The topological polar surface area (TPSA) is 33.0 Å². The summed E-state index contributed by atoms with van der Waals surface area (Å²) in [6.45, 7) is 3.06. The molecule has 0 amide bonds. The first kappa shape index (κ1) is 20.6. The second-order valence-corrected chi connectivity index (χ2v) is 6.73. The van der Waals surface area contributed by atoms with Gasteiger partial charge in [0, 0.05) is 0 Å². The number of hydrogen-bond acceptors (Lipinski definition) is 2. The molecule has 2 heteroatoms. The van der Waals surface area contributed by atoms with Gasteiger partial charge in [-0.05, 0) is 30.7 Å². The maximum atomic E-state index is 8.75. The van der Waals surface area contributed by atoms with Gasteiger partial charge in [0.2, 0.25) is 0 Å². The molecule has 0 aliphatic heterocycles. The minimum atomic E-state index is 0.684. The van der Waals surface area contributed by atoms with Gasteiger partial charge in [0.25, 0.3) is 0 Å². The van der Waals surface area contributed by atoms with Crippen LogP contribution in [0.3, 0.4) is 0 Å². The Morgan fingerprint density at radius 2 is 1.17 bits per heavy atom. The quantitative estimate of drug-likeness (QED) is 0.324. The van der Waals surface area contributed by atoms with E-state index in [1.54, 1.807) is 12.1 Å². The standard InChI is InChI=1S/C22H35NO/c1-2-3-4-5-6-7-8-9-10-11-12-13-14-19-24-22-17-15-21(20-23)16-18-22/h15-18H,2-14,19H2,1H3. The van der Waals surface area contributed by atoms with Crippen LogP contribution in [0.1, 0.15) is 96.0 Å². The summed E-state index contributed by atoms with van der Waals surface area (Å²) < 4.78 is 5.70. The highest BCUT2D eigenvalue weighted by atomic mass is 16.5. The lowest BCUT2D eigenvalue weighted by Crippen LogP contribution is -1.97. The second kappa shape index (κ2) is 15.1. The van der Waals surface area contributed by atoms with Crippen molar-refractivity contribution in [1.29, 1.82) is 5.26 Å². The highest BCUT2D eigenvalue weighted by Gasteiger charge is 1.96. The summed E-state index contributed by atoms with van der Waals surface area (Å²) in [6, 6.07) is 9.48. The minimum absolute atomic E-state index is 0.684. The van der Waals surface area contributed by atoms with Gasteiger partial charge in [-0.3, -0.25) is 0 Å². The normalized spacial score (nSPS) is 10.5. The van der Waals surface area contributed by atoms with Crippen LogP contribution in [0.5, 0.6) is 5.75 Å². The number of hydrogen-bond donors (Lipinski definition) is 0. The van der Waals surface area contributed by atoms with Crippen LogP contribution < -0.4 is 4.74 Å². The third-order valence-corrected chi connectivity index (χ3v) is 4.50. The van der Waals surface area contributed by atoms with Gasteiger partial charge in [0.15, 0.2) is 0 Å². The predicted octanol–water partition coefficient (Wildman–Crippen LogP) is 7.03. The molecule has 0 aromatic heterocycles. The molecule has 0 aliphatic carbocycles. The molecule has 1 rings (SSSR count). The molecule has 0 saturated carbocycles. The summed E-state index contributed by atoms with van der Waals surface area (Å²) in [5.41, 5.74) is 0.684. The van der Waals surface area contributed by atoms with Gasteiger partial charge in [-0.25, -0.2) is 0 Å². The molecule has 0 fully saturated rings. The van der Waals surface area contributed by atoms with E-state index >= 15 is 0 Å². The summed E-state index contributed by atoms with van der Waals surface area (Å²) >= 11 is 0. The molecule has 0 saturated heterocycles. The first-order valence-corrected chi connectivity index (χ1v) is 9.99. The number of unbranched alkanes of at least 4 members (excludes halogenated alkanes) is 12. The molecule has 0 spiro atoms. The molecule has 1 aromatic rings. The highest BCUT2D eigenvalue weighted by Crippen LogP contribution is 2.14. The van der Waals surface area contributed by atoms with Crippen LogP contribution in [0.2, 0.25) is 0 Å². The van der Waals surface area contributed by atoms with Gasteiger partial charge in [0.05, 0.1) is 18.2 Å². The summed E-state index contributed by atoms with van der Waals surface area (Å²) in [5.74, 6) is 0.868. The zero-order chi connectivity index (χ0) is 17.3. The van der Waals surface area contributed by atoms with Crippen LogP contribution in [0.25, 0.3) is 0 Å². The van der Waals surface area contributed by atoms with Crippen molar-refractivity contribution < 1.29 is 4.74 Å². The maximum Gasteiger partial charge on any atom is 0.119 e. The number of nitrogens with zero attached hydrogens (tertiary/aromatic N) is 1. The van der Waals surface area contributed by atoms with E-state index in [0.29, 0.717) is 5.56 Å². The van der Waals surface area contributed by atoms with E-state index in [-0.39, 0.29) is 0 Å². The van der Waals surface area contributed by atoms with Crippen molar-refractivity contribution in [2.24, 2.45) is 0 Å². The number of rotatable bonds is 15. The zero-order valence-electron chi connectivity index (χ0n) is 15.6. The third kappa shape index (κ3) is 11.1. The van der Waals surface area contributed by atoms with Gasteiger partial charge < -0.3 is 4.74 Å². The Kier molecular flexibility index (Phi) is 12.9. The summed E-state index contributed by atoms with van der Waals surface area (Å²) in [5, 5.41) is 8.75. The zero-order valence-corrected chi connectivity index (χ0v) is 15.6. The van der Waals surface area contributed by atoms with Crippen molar-refractivity contribution in [1.82, 2.24) is 0 Å². The lowest BCUT2D eigenvalue weighted by atomic mass is 10.0. The average molecular weight is 330 g/mol. The molecule has 0 atom stereocenters. The molecule has 0 heterocycles. The summed E-state index contributed by atoms with van der Waals surface area (Å²) in [7, 11) is 0. The van der Waals surface area contributed by atoms with E-state index in [2.05, 4.69) is 13.0 Å². The molecule has 1 aromatic carbocycles. The van der Waals surface area contributed by atoms with Crippen molar-refractivity contribution in [3.8, 4) is 11.8 Å². The van der Waals surface area contributed by atoms with E-state index in [4.69, 9.17) is 10.00 Å². The van der Waals surface area contributed by atoms with Crippen molar-refractivity contribution in [2.45, 2.75) is 90.4 Å². The summed E-state index contributed by atoms with van der Waals surface area (Å²) in [6.07, 6.45) is 17.8. The Morgan fingerprint density at radius 1 is 0.708 bits per heavy atom. The lowest BCUT2D eigenvalue weighted by Gasteiger charge is -2.06. The van der Waals surface area contributed by atoms with E-state index in [0.717, 1.165) is 18.8 Å². The molecule has 24 heavy (non-hydrogen) atoms. The number of ether oxygens (including phenoxy) is 1. The van der Waals surface area contributed by atoms with Crippen LogP contribution in [0.15, 0.2) is 24.3 Å². The van der Waals surface area contributed by atoms with Gasteiger partial charge >= 0.3 is 0 Å². The Labute approximate surface area is 149 Å². The van der Waals surface area contributed by atoms with Gasteiger partial charge in [-0.2, -0.15) is 5.26 Å². The van der Waals surface area contributed by atoms with Gasteiger partial charge in [-0.1, -0.05) is 84.0 Å². The number of nitriles is 1. The smallest absolute Gasteiger partial charge is 0.119 e. The molecule has 0 unspecified atom stereocenters. The van der Waals surface area contributed by atoms with E-state index in [9.17, 15) is 0 Å². The molecule has 2 nitrogen and oxygen atoms in total. The molecular formula is C22H35NO. The van der Waals surface area contributed by atoms with E-state index < -0.39 is 0 Å². The fourth-order valence-electron chi connectivity index (χ4n) is 2.94. The largest absolute Gasteiger partial charge is 0.494 e. The fourth-order valence-corrected chi connectivity index (χ4v) is 2.94. The molecule has 0 N–H and O–H groups in total.